The smallest absolute Gasteiger partial charge is 0.276 e. The van der Waals surface area contributed by atoms with Gasteiger partial charge in [-0.25, -0.2) is 0 Å². The minimum Gasteiger partial charge on any atom is -0.489 e. The second kappa shape index (κ2) is 9.50. The van der Waals surface area contributed by atoms with Gasteiger partial charge in [0.1, 0.15) is 18.2 Å². The van der Waals surface area contributed by atoms with Crippen LogP contribution in [0.1, 0.15) is 36.3 Å². The summed E-state index contributed by atoms with van der Waals surface area (Å²) in [4.78, 5) is 12.3. The average Bonchev–Trinajstić information content (AvgIpc) is 2.74. The van der Waals surface area contributed by atoms with Crippen molar-refractivity contribution in [3.05, 3.63) is 78.0 Å². The minimum atomic E-state index is -0.305. The van der Waals surface area contributed by atoms with Crippen LogP contribution in [0.5, 0.6) is 5.75 Å². The third-order valence-electron chi connectivity index (χ3n) is 4.26. The largest absolute Gasteiger partial charge is 0.489 e. The molecule has 2 aromatic carbocycles. The number of amides is 1. The number of ether oxygens (including phenoxy) is 1. The van der Waals surface area contributed by atoms with Crippen LogP contribution in [0.15, 0.2) is 66.7 Å². The van der Waals surface area contributed by atoms with E-state index in [1.54, 1.807) is 24.3 Å². The van der Waals surface area contributed by atoms with E-state index in [2.05, 4.69) is 34.7 Å². The molecule has 0 aliphatic rings. The van der Waals surface area contributed by atoms with Crippen LogP contribution in [0.25, 0.3) is 0 Å². The number of nitrogens with one attached hydrogen (secondary N) is 2. The van der Waals surface area contributed by atoms with Crippen LogP contribution in [0, 0.1) is 0 Å². The van der Waals surface area contributed by atoms with Crippen LogP contribution in [-0.2, 0) is 6.61 Å². The summed E-state index contributed by atoms with van der Waals surface area (Å²) >= 11 is 0. The number of nitrogens with zero attached hydrogens (tertiary/aromatic N) is 2. The zero-order valence-electron chi connectivity index (χ0n) is 16.1. The Morgan fingerprint density at radius 3 is 2.39 bits per heavy atom. The van der Waals surface area contributed by atoms with E-state index in [0.717, 1.165) is 17.7 Å². The van der Waals surface area contributed by atoms with Crippen molar-refractivity contribution in [1.82, 2.24) is 10.2 Å². The predicted molar refractivity (Wildman–Crippen MR) is 111 cm³/mol. The van der Waals surface area contributed by atoms with Crippen LogP contribution in [0.3, 0.4) is 0 Å². The highest BCUT2D eigenvalue weighted by molar-refractivity contribution is 6.02. The lowest BCUT2D eigenvalue weighted by atomic mass is 10.2. The molecule has 1 heterocycles. The van der Waals surface area contributed by atoms with Crippen molar-refractivity contribution in [2.45, 2.75) is 32.9 Å². The van der Waals surface area contributed by atoms with Gasteiger partial charge in [-0.05, 0) is 55.3 Å². The Morgan fingerprint density at radius 2 is 1.75 bits per heavy atom. The summed E-state index contributed by atoms with van der Waals surface area (Å²) < 4.78 is 5.75. The molecule has 3 aromatic rings. The maximum atomic E-state index is 12.3. The standard InChI is InChI=1S/C22H24N4O2/c1-3-16(2)23-21-14-13-20(25-26-21)22(27)24-18-9-11-19(12-10-18)28-15-17-7-5-4-6-8-17/h4-14,16H,3,15H2,1-2H3,(H,23,26)(H,24,27). The van der Waals surface area contributed by atoms with Gasteiger partial charge >= 0.3 is 0 Å². The predicted octanol–water partition coefficient (Wildman–Crippen LogP) is 4.52. The van der Waals surface area contributed by atoms with Crippen molar-refractivity contribution in [3.63, 3.8) is 0 Å². The molecule has 0 saturated heterocycles. The number of aromatic nitrogens is 2. The molecule has 0 bridgehead atoms. The topological polar surface area (TPSA) is 76.1 Å². The molecular formula is C22H24N4O2. The lowest BCUT2D eigenvalue weighted by Crippen LogP contribution is -2.17. The van der Waals surface area contributed by atoms with Crippen LogP contribution in [-0.4, -0.2) is 22.1 Å². The molecule has 1 unspecified atom stereocenters. The lowest BCUT2D eigenvalue weighted by Gasteiger charge is -2.11. The average molecular weight is 376 g/mol. The normalized spacial score (nSPS) is 11.5. The first-order valence-electron chi connectivity index (χ1n) is 9.32. The quantitative estimate of drug-likeness (QED) is 0.604. The van der Waals surface area contributed by atoms with E-state index in [9.17, 15) is 4.79 Å². The molecule has 0 radical (unpaired) electrons. The van der Waals surface area contributed by atoms with E-state index >= 15 is 0 Å². The zero-order chi connectivity index (χ0) is 19.8. The molecule has 6 nitrogen and oxygen atoms in total. The number of carbonyl (C=O) groups is 1. The molecule has 0 saturated carbocycles. The molecule has 0 fully saturated rings. The first kappa shape index (κ1) is 19.4. The Kier molecular flexibility index (Phi) is 6.57. The van der Waals surface area contributed by atoms with E-state index in [-0.39, 0.29) is 11.6 Å². The second-order valence-electron chi connectivity index (χ2n) is 6.51. The van der Waals surface area contributed by atoms with Gasteiger partial charge in [0.2, 0.25) is 0 Å². The van der Waals surface area contributed by atoms with Crippen LogP contribution >= 0.6 is 0 Å². The Morgan fingerprint density at radius 1 is 1.00 bits per heavy atom. The molecule has 6 heteroatoms. The summed E-state index contributed by atoms with van der Waals surface area (Å²) in [6.07, 6.45) is 0.981. The Hall–Kier alpha value is -3.41. The van der Waals surface area contributed by atoms with E-state index in [1.807, 2.05) is 42.5 Å². The van der Waals surface area contributed by atoms with Gasteiger partial charge in [0, 0.05) is 11.7 Å². The SMILES string of the molecule is CCC(C)Nc1ccc(C(=O)Nc2ccc(OCc3ccccc3)cc2)nn1. The Labute approximate surface area is 165 Å². The number of rotatable bonds is 8. The summed E-state index contributed by atoms with van der Waals surface area (Å²) in [5.74, 6) is 1.09. The van der Waals surface area contributed by atoms with Gasteiger partial charge in [0.15, 0.2) is 5.69 Å². The van der Waals surface area contributed by atoms with E-state index in [0.29, 0.717) is 24.2 Å². The monoisotopic (exact) mass is 376 g/mol. The summed E-state index contributed by atoms with van der Waals surface area (Å²) in [5.41, 5.74) is 2.03. The number of benzene rings is 2. The van der Waals surface area contributed by atoms with Gasteiger partial charge in [-0.3, -0.25) is 4.79 Å². The van der Waals surface area contributed by atoms with Gasteiger partial charge in [0.05, 0.1) is 0 Å². The van der Waals surface area contributed by atoms with Gasteiger partial charge in [0.25, 0.3) is 5.91 Å². The van der Waals surface area contributed by atoms with Crippen molar-refractivity contribution in [3.8, 4) is 5.75 Å². The van der Waals surface area contributed by atoms with Crippen LogP contribution < -0.4 is 15.4 Å². The number of hydrogen-bond donors (Lipinski definition) is 2. The first-order valence-corrected chi connectivity index (χ1v) is 9.32. The Bertz CT molecular complexity index is 881. The molecule has 3 rings (SSSR count). The van der Waals surface area contributed by atoms with Gasteiger partial charge in [-0.2, -0.15) is 0 Å². The van der Waals surface area contributed by atoms with Crippen molar-refractivity contribution >= 4 is 17.4 Å². The van der Waals surface area contributed by atoms with Gasteiger partial charge in [-0.1, -0.05) is 37.3 Å². The molecule has 1 atom stereocenters. The fourth-order valence-corrected chi connectivity index (χ4v) is 2.46. The van der Waals surface area contributed by atoms with Crippen molar-refractivity contribution in [2.24, 2.45) is 0 Å². The maximum absolute atomic E-state index is 12.3. The summed E-state index contributed by atoms with van der Waals surface area (Å²) in [7, 11) is 0. The van der Waals surface area contributed by atoms with E-state index in [1.165, 1.54) is 0 Å². The molecule has 144 valence electrons. The number of hydrogen-bond acceptors (Lipinski definition) is 5. The van der Waals surface area contributed by atoms with Crippen molar-refractivity contribution < 1.29 is 9.53 Å². The number of carbonyl (C=O) groups excluding carboxylic acids is 1. The fraction of sp³-hybridized carbons (Fsp3) is 0.227. The molecular weight excluding hydrogens is 352 g/mol. The fourth-order valence-electron chi connectivity index (χ4n) is 2.46. The molecule has 28 heavy (non-hydrogen) atoms. The minimum absolute atomic E-state index is 0.263. The molecule has 1 amide bonds. The van der Waals surface area contributed by atoms with Crippen molar-refractivity contribution in [1.29, 1.82) is 0 Å². The first-order chi connectivity index (χ1) is 13.6. The third-order valence-corrected chi connectivity index (χ3v) is 4.26. The highest BCUT2D eigenvalue weighted by Gasteiger charge is 2.09. The van der Waals surface area contributed by atoms with Crippen LogP contribution in [0.4, 0.5) is 11.5 Å². The highest BCUT2D eigenvalue weighted by Crippen LogP contribution is 2.18. The second-order valence-corrected chi connectivity index (χ2v) is 6.51. The Balaban J connectivity index is 1.54. The molecule has 0 aliphatic carbocycles. The molecule has 2 N–H and O–H groups in total. The lowest BCUT2D eigenvalue weighted by molar-refractivity contribution is 0.102. The molecule has 1 aromatic heterocycles. The third kappa shape index (κ3) is 5.54. The maximum Gasteiger partial charge on any atom is 0.276 e. The summed E-state index contributed by atoms with van der Waals surface area (Å²) in [6.45, 7) is 4.65. The number of anilines is 2. The summed E-state index contributed by atoms with van der Waals surface area (Å²) in [5, 5.41) is 14.1. The summed E-state index contributed by atoms with van der Waals surface area (Å²) in [6, 6.07) is 20.9. The van der Waals surface area contributed by atoms with Gasteiger partial charge < -0.3 is 15.4 Å². The highest BCUT2D eigenvalue weighted by atomic mass is 16.5. The molecule has 0 spiro atoms. The van der Waals surface area contributed by atoms with Crippen molar-refractivity contribution in [2.75, 3.05) is 10.6 Å². The van der Waals surface area contributed by atoms with E-state index < -0.39 is 0 Å². The van der Waals surface area contributed by atoms with Gasteiger partial charge in [-0.15, -0.1) is 10.2 Å². The van der Waals surface area contributed by atoms with E-state index in [4.69, 9.17) is 4.74 Å². The zero-order valence-corrected chi connectivity index (χ0v) is 16.1. The molecule has 0 aliphatic heterocycles. The van der Waals surface area contributed by atoms with Crippen LogP contribution in [0.2, 0.25) is 0 Å².